The van der Waals surface area contributed by atoms with Gasteiger partial charge >= 0.3 is 17.1 Å². The fourth-order valence-corrected chi connectivity index (χ4v) is 9.87. The quantitative estimate of drug-likeness (QED) is 0.150. The zero-order valence-electron chi connectivity index (χ0n) is 23.4. The zero-order valence-corrected chi connectivity index (χ0v) is 26.3. The average molecular weight is 611 g/mol. The zero-order chi connectivity index (χ0) is 27.6. The van der Waals surface area contributed by atoms with Gasteiger partial charge in [0.1, 0.15) is 0 Å². The van der Waals surface area contributed by atoms with Gasteiger partial charge in [-0.3, -0.25) is 4.67 Å². The number of rotatable bonds is 8. The normalized spacial score (nSPS) is 16.4. The van der Waals surface area contributed by atoms with Gasteiger partial charge in [-0.2, -0.15) is 0 Å². The minimum atomic E-state index is -0.656. The maximum atomic E-state index is 2.59. The molecule has 10 radical (unpaired) electrons. The first-order chi connectivity index (χ1) is 19.7. The van der Waals surface area contributed by atoms with Crippen molar-refractivity contribution in [1.82, 2.24) is 4.67 Å². The number of hydrogen-bond donors (Lipinski definition) is 0. The number of nitrogens with zero attached hydrogens (tertiary/aromatic N) is 1. The van der Waals surface area contributed by atoms with Gasteiger partial charge < -0.3 is 0 Å². The molecule has 4 heteroatoms. The van der Waals surface area contributed by atoms with Crippen molar-refractivity contribution < 1.29 is 17.1 Å². The molecule has 2 aliphatic carbocycles. The van der Waals surface area contributed by atoms with Crippen LogP contribution in [0.25, 0.3) is 0 Å². The smallest absolute Gasteiger partial charge is 0.274 e. The minimum Gasteiger partial charge on any atom is -0.274 e. The predicted octanol–water partition coefficient (Wildman–Crippen LogP) is 7.24. The van der Waals surface area contributed by atoms with Crippen molar-refractivity contribution in [3.63, 3.8) is 0 Å². The van der Waals surface area contributed by atoms with Gasteiger partial charge in [0.15, 0.2) is 0 Å². The van der Waals surface area contributed by atoms with Gasteiger partial charge in [-0.25, -0.2) is 0 Å². The second-order valence-electron chi connectivity index (χ2n) is 9.57. The molecule has 4 aromatic carbocycles. The Bertz CT molecular complexity index is 1160. The van der Waals surface area contributed by atoms with Crippen LogP contribution < -0.4 is 21.2 Å². The summed E-state index contributed by atoms with van der Waals surface area (Å²) < 4.78 is 2.59. The van der Waals surface area contributed by atoms with Crippen LogP contribution in [-0.2, 0) is 17.1 Å². The summed E-state index contributed by atoms with van der Waals surface area (Å²) in [6, 6.07) is 44.2. The van der Waals surface area contributed by atoms with Crippen molar-refractivity contribution in [3.8, 4) is 0 Å². The summed E-state index contributed by atoms with van der Waals surface area (Å²) in [5.41, 5.74) is 1.45. The Labute approximate surface area is 262 Å². The van der Waals surface area contributed by atoms with Gasteiger partial charge in [-0.15, -0.1) is 0 Å². The number of benzene rings is 4. The van der Waals surface area contributed by atoms with Crippen LogP contribution in [0.5, 0.6) is 0 Å². The fraction of sp³-hybridized carbons (Fsp3) is 0.0811. The van der Waals surface area contributed by atoms with Crippen LogP contribution in [-0.4, -0.2) is 17.8 Å². The van der Waals surface area contributed by atoms with Crippen LogP contribution in [0.4, 0.5) is 0 Å². The fourth-order valence-electron chi connectivity index (χ4n) is 4.91. The van der Waals surface area contributed by atoms with E-state index < -0.39 is 16.0 Å². The van der Waals surface area contributed by atoms with E-state index in [1.807, 2.05) is 32.1 Å². The van der Waals surface area contributed by atoms with Crippen molar-refractivity contribution in [2.45, 2.75) is 13.0 Å². The molecule has 2 aliphatic rings. The Morgan fingerprint density at radius 3 is 1.24 bits per heavy atom. The van der Waals surface area contributed by atoms with E-state index in [1.54, 1.807) is 0 Å². The van der Waals surface area contributed by atoms with E-state index in [2.05, 4.69) is 159 Å². The predicted molar refractivity (Wildman–Crippen MR) is 176 cm³/mol. The molecule has 41 heavy (non-hydrogen) atoms. The molecule has 2 saturated carbocycles. The number of hydrogen-bond acceptors (Lipinski definition) is 1. The molecule has 0 saturated heterocycles. The van der Waals surface area contributed by atoms with Gasteiger partial charge in [0.2, 0.25) is 0 Å². The van der Waals surface area contributed by atoms with E-state index in [1.165, 1.54) is 32.8 Å². The third-order valence-electron chi connectivity index (χ3n) is 6.98. The molecular weight excluding hydrogens is 576 g/mol. The van der Waals surface area contributed by atoms with Crippen molar-refractivity contribution in [1.29, 1.82) is 0 Å². The topological polar surface area (TPSA) is 3.24 Å². The summed E-state index contributed by atoms with van der Waals surface area (Å²) in [4.78, 5) is 0. The Morgan fingerprint density at radius 2 is 0.854 bits per heavy atom. The summed E-state index contributed by atoms with van der Waals surface area (Å²) in [5, 5.41) is 5.54. The monoisotopic (exact) mass is 611 g/mol. The third kappa shape index (κ3) is 8.41. The largest absolute Gasteiger partial charge is 2.00 e. The minimum absolute atomic E-state index is 0. The molecule has 6 rings (SSSR count). The van der Waals surface area contributed by atoms with Gasteiger partial charge in [0.25, 0.3) is 0 Å². The van der Waals surface area contributed by atoms with Gasteiger partial charge in [0.05, 0.1) is 0 Å². The standard InChI is InChI=1S/C32H30NP2.C5H5.Fe/c1-26(33(2)35(29-20-11-5-12-21-29)30-22-13-6-14-23-30)31-24-15-25-32(31)34(27-16-7-3-8-17-27)28-18-9-4-10-19-28;1-2-4-5-3-1;/h3-26H,1-2H3;1-5H;/q;;+2. The van der Waals surface area contributed by atoms with Crippen LogP contribution in [0.2, 0.25) is 0 Å². The maximum Gasteiger partial charge on any atom is 2.00 e. The molecule has 0 aromatic heterocycles. The summed E-state index contributed by atoms with van der Waals surface area (Å²) >= 11 is 0. The van der Waals surface area contributed by atoms with Gasteiger partial charge in [-0.05, 0) is 94.5 Å². The molecule has 0 bridgehead atoms. The van der Waals surface area contributed by atoms with E-state index in [4.69, 9.17) is 0 Å². The molecule has 0 spiro atoms. The van der Waals surface area contributed by atoms with Crippen LogP contribution >= 0.6 is 16.0 Å². The Hall–Kier alpha value is -1.78. The van der Waals surface area contributed by atoms with Crippen molar-refractivity contribution >= 4 is 37.2 Å². The van der Waals surface area contributed by atoms with E-state index in [9.17, 15) is 0 Å². The maximum absolute atomic E-state index is 2.59. The van der Waals surface area contributed by atoms with Gasteiger partial charge in [-0.1, -0.05) is 121 Å². The first-order valence-corrected chi connectivity index (χ1v) is 16.3. The first kappa shape index (κ1) is 32.1. The van der Waals surface area contributed by atoms with Crippen molar-refractivity contribution in [2.24, 2.45) is 0 Å². The van der Waals surface area contributed by atoms with Gasteiger partial charge in [0, 0.05) is 25.7 Å². The second-order valence-corrected chi connectivity index (χ2v) is 14.0. The molecule has 1 atom stereocenters. The molecule has 1 unspecified atom stereocenters. The Balaban J connectivity index is 0.000000584. The second kappa shape index (κ2) is 16.8. The SMILES string of the molecule is CC([C]1[CH][CH][CH][C]1P(c1ccccc1)c1ccccc1)N(C)P(c1ccccc1)c1ccccc1.[CH]1[CH][CH][CH][CH]1.[Fe+2]. The summed E-state index contributed by atoms with van der Waals surface area (Å²) in [5.74, 6) is 1.42. The van der Waals surface area contributed by atoms with Crippen LogP contribution in [0, 0.1) is 62.9 Å². The molecular formula is C37H35FeNP2+2. The van der Waals surface area contributed by atoms with Crippen LogP contribution in [0.1, 0.15) is 6.92 Å². The third-order valence-corrected chi connectivity index (χ3v) is 12.0. The van der Waals surface area contributed by atoms with E-state index in [0.29, 0.717) is 0 Å². The molecule has 2 fully saturated rings. The van der Waals surface area contributed by atoms with Crippen molar-refractivity contribution in [3.05, 3.63) is 184 Å². The Morgan fingerprint density at radius 1 is 0.488 bits per heavy atom. The molecule has 0 N–H and O–H groups in total. The molecule has 4 aromatic rings. The molecule has 0 aliphatic heterocycles. The van der Waals surface area contributed by atoms with Crippen molar-refractivity contribution in [2.75, 3.05) is 7.05 Å². The summed E-state index contributed by atoms with van der Waals surface area (Å²) in [6.45, 7) is 2.36. The average Bonchev–Trinajstić information content (AvgIpc) is 3.76. The van der Waals surface area contributed by atoms with E-state index >= 15 is 0 Å². The van der Waals surface area contributed by atoms with E-state index in [-0.39, 0.29) is 23.1 Å². The molecule has 204 valence electrons. The summed E-state index contributed by atoms with van der Waals surface area (Å²) in [6.07, 6.45) is 16.9. The molecule has 0 heterocycles. The summed E-state index contributed by atoms with van der Waals surface area (Å²) in [7, 11) is 1.00. The first-order valence-electron chi connectivity index (χ1n) is 13.7. The van der Waals surface area contributed by atoms with E-state index in [0.717, 1.165) is 0 Å². The molecule has 1 nitrogen and oxygen atoms in total. The molecule has 0 amide bonds. The van der Waals surface area contributed by atoms with Crippen LogP contribution in [0.15, 0.2) is 121 Å². The van der Waals surface area contributed by atoms with Crippen LogP contribution in [0.3, 0.4) is 0 Å². The Kier molecular flexibility index (Phi) is 13.1.